The molecule has 43 heteroatoms. The molecule has 40 atom stereocenters. The van der Waals surface area contributed by atoms with Crippen LogP contribution < -0.4 is 34.7 Å². The largest absolute Gasteiger partial charge is 1.00 e. The fraction of sp³-hybridized carbons (Fsp3) is 0.875. The van der Waals surface area contributed by atoms with Gasteiger partial charge in [-0.2, -0.15) is 0 Å². The van der Waals surface area contributed by atoms with Gasteiger partial charge in [0, 0.05) is 23.0 Å². The molecule has 562 valence electrons. The minimum atomic E-state index is -2.28. The van der Waals surface area contributed by atoms with Crippen LogP contribution in [0.2, 0.25) is 0 Å². The number of aliphatic hydroxyl groups is 23. The number of benzene rings is 1. The fourth-order valence-corrected chi connectivity index (χ4v) is 14.0. The molecule has 30 saturated heterocycles. The van der Waals surface area contributed by atoms with E-state index in [4.69, 9.17) is 75.8 Å². The van der Waals surface area contributed by atoms with Crippen LogP contribution in [0.3, 0.4) is 0 Å². The average molecular weight is 1470 g/mol. The van der Waals surface area contributed by atoms with Gasteiger partial charge in [-0.1, -0.05) is 12.1 Å². The second-order valence-electron chi connectivity index (χ2n) is 24.8. The second-order valence-corrected chi connectivity index (χ2v) is 25.9. The maximum Gasteiger partial charge on any atom is 1.00 e. The van der Waals surface area contributed by atoms with Crippen LogP contribution in [0.15, 0.2) is 29.2 Å². The second kappa shape index (κ2) is 35.5. The van der Waals surface area contributed by atoms with Crippen molar-refractivity contribution in [3.05, 3.63) is 29.8 Å². The van der Waals surface area contributed by atoms with Gasteiger partial charge in [0.05, 0.1) is 52.4 Å². The standard InChI is InChI=1S/C56H86O41S.Na/c57-6-16-41-25(66)33(74)49(82-16)91-42-17(7-58)84-51(35(76)27(42)68)93-44-19(9-60)86-53(37(78)29(44)70)95-46-21(11-62)88-55(39(80)31(46)72)97-48-23(13-98-15-3-1-2-14(4-15)5-24(64)65)89-56(40(81)32(48)73)96-47-22(12-63)87-54(38(79)30(47)71)94-45-20(10-61)85-52(36(77)28(45)69)92-43-18(8-59)83-50(90-41)34(75)26(43)67;/h1-4,16-23,25-63,66-81H,5-13H2,(H,64,65);/q;+1/p-1/t16-,17-,18+,19-,20+,21-,22+,23-,25-,26-,27-,28-,29-,30-,31-,32-,33-,34-,35+,36-,37-,38-,39+,40-,41-,42-,43-,44-,45-,46-,47-,48-,49-,50-,51-,52-,53-,54-,55-,56-;/m1./s1. The van der Waals surface area contributed by atoms with Crippen molar-refractivity contribution in [2.45, 2.75) is 257 Å². The number of ether oxygens (including phenoxy) is 16. The minimum Gasteiger partial charge on any atom is -0.550 e. The van der Waals surface area contributed by atoms with Crippen molar-refractivity contribution in [3.8, 4) is 0 Å². The van der Waals surface area contributed by atoms with E-state index in [9.17, 15) is 127 Å². The molecule has 0 spiro atoms. The first-order chi connectivity index (χ1) is 46.7. The predicted octanol–water partition coefficient (Wildman–Crippen LogP) is -19.3. The van der Waals surface area contributed by atoms with Gasteiger partial charge in [0.15, 0.2) is 50.3 Å². The molecule has 1 aromatic carbocycles. The van der Waals surface area contributed by atoms with Crippen LogP contribution in [0, 0.1) is 0 Å². The maximum atomic E-state index is 11.9. The maximum absolute atomic E-state index is 11.9. The summed E-state index contributed by atoms with van der Waals surface area (Å²) in [5, 5.41) is 270. The number of carbonyl (C=O) groups excluding carboxylic acids is 1. The molecule has 0 aliphatic carbocycles. The van der Waals surface area contributed by atoms with Gasteiger partial charge in [0.2, 0.25) is 0 Å². The van der Waals surface area contributed by atoms with Gasteiger partial charge < -0.3 is 203 Å². The summed E-state index contributed by atoms with van der Waals surface area (Å²) in [4.78, 5) is 11.9. The molecular weight excluding hydrogens is 1380 g/mol. The number of aliphatic hydroxyl groups excluding tert-OH is 23. The molecule has 0 radical (unpaired) electrons. The van der Waals surface area contributed by atoms with E-state index in [1.165, 1.54) is 18.2 Å². The quantitative estimate of drug-likeness (QED) is 0.0682. The van der Waals surface area contributed by atoms with Crippen LogP contribution in [0.25, 0.3) is 0 Å². The van der Waals surface area contributed by atoms with Gasteiger partial charge in [-0.3, -0.25) is 0 Å². The number of hydrogen-bond donors (Lipinski definition) is 23. The Morgan fingerprint density at radius 3 is 0.687 bits per heavy atom. The Morgan fingerprint density at radius 2 is 0.495 bits per heavy atom. The summed E-state index contributed by atoms with van der Waals surface area (Å²) in [5.74, 6) is -1.75. The Bertz CT molecular complexity index is 2660. The Balaban J connectivity index is 0.0000114. The number of rotatable bonds is 12. The van der Waals surface area contributed by atoms with Crippen LogP contribution in [0.5, 0.6) is 0 Å². The molecule has 0 unspecified atom stereocenters. The summed E-state index contributed by atoms with van der Waals surface area (Å²) in [6.45, 7) is -7.65. The zero-order chi connectivity index (χ0) is 71.0. The van der Waals surface area contributed by atoms with E-state index in [2.05, 4.69) is 0 Å². The first-order valence-corrected chi connectivity index (χ1v) is 32.2. The molecule has 30 fully saturated rings. The van der Waals surface area contributed by atoms with Crippen molar-refractivity contribution in [1.82, 2.24) is 0 Å². The number of carbonyl (C=O) groups is 1. The van der Waals surface area contributed by atoms with Gasteiger partial charge in [0.25, 0.3) is 0 Å². The zero-order valence-electron chi connectivity index (χ0n) is 52.3. The molecule has 0 saturated carbocycles. The summed E-state index contributed by atoms with van der Waals surface area (Å²) >= 11 is 0.947. The molecule has 31 rings (SSSR count). The fourth-order valence-electron chi connectivity index (χ4n) is 13.0. The van der Waals surface area contributed by atoms with E-state index in [0.717, 1.165) is 11.8 Å². The summed E-state index contributed by atoms with van der Waals surface area (Å²) in [5.41, 5.74) is 0.290. The molecule has 99 heavy (non-hydrogen) atoms. The van der Waals surface area contributed by atoms with E-state index >= 15 is 0 Å². The van der Waals surface area contributed by atoms with Crippen molar-refractivity contribution in [1.29, 1.82) is 0 Å². The molecule has 41 nitrogen and oxygen atoms in total. The van der Waals surface area contributed by atoms with Gasteiger partial charge in [-0.25, -0.2) is 0 Å². The van der Waals surface area contributed by atoms with Crippen molar-refractivity contribution in [2.75, 3.05) is 52.0 Å². The summed E-state index contributed by atoms with van der Waals surface area (Å²) < 4.78 is 92.9. The Hall–Kier alpha value is -1.52. The predicted molar refractivity (Wildman–Crippen MR) is 300 cm³/mol. The third kappa shape index (κ3) is 17.2. The molecule has 23 N–H and O–H groups in total. The van der Waals surface area contributed by atoms with E-state index in [1.807, 2.05) is 0 Å². The molecule has 1 aromatic rings. The number of hydrogen-bond acceptors (Lipinski definition) is 42. The van der Waals surface area contributed by atoms with Crippen molar-refractivity contribution < 1.29 is 233 Å². The third-order valence-corrected chi connectivity index (χ3v) is 19.5. The number of aliphatic carboxylic acids is 1. The summed E-state index contributed by atoms with van der Waals surface area (Å²) in [6, 6.07) is 6.01. The molecule has 30 aliphatic heterocycles. The van der Waals surface area contributed by atoms with E-state index in [0.29, 0.717) is 10.5 Å². The minimum absolute atomic E-state index is 0. The number of thioether (sulfide) groups is 1. The third-order valence-electron chi connectivity index (χ3n) is 18.4. The smallest absolute Gasteiger partial charge is 0.550 e. The molecule has 0 aromatic heterocycles. The van der Waals surface area contributed by atoms with Crippen LogP contribution in [-0.4, -0.2) is 421 Å². The normalized spacial score (nSPS) is 50.3. The van der Waals surface area contributed by atoms with E-state index in [-0.39, 0.29) is 35.3 Å². The Labute approximate surface area is 586 Å². The van der Waals surface area contributed by atoms with Gasteiger partial charge in [0.1, 0.15) is 189 Å². The Morgan fingerprint density at radius 1 is 0.303 bits per heavy atom. The summed E-state index contributed by atoms with van der Waals surface area (Å²) in [7, 11) is 0. The zero-order valence-corrected chi connectivity index (χ0v) is 55.1. The molecule has 30 heterocycles. The monoisotopic (exact) mass is 1470 g/mol. The van der Waals surface area contributed by atoms with Crippen LogP contribution >= 0.6 is 11.8 Å². The van der Waals surface area contributed by atoms with E-state index < -0.39 is 304 Å². The Kier molecular flexibility index (Phi) is 29.2. The van der Waals surface area contributed by atoms with E-state index in [1.54, 1.807) is 6.07 Å². The first kappa shape index (κ1) is 81.6. The van der Waals surface area contributed by atoms with Gasteiger partial charge in [-0.15, -0.1) is 11.8 Å². The molecule has 30 aliphatic rings. The van der Waals surface area contributed by atoms with Crippen molar-refractivity contribution >= 4 is 17.7 Å². The van der Waals surface area contributed by atoms with Crippen LogP contribution in [0.1, 0.15) is 5.56 Å². The topological polar surface area (TPSA) is 653 Å². The summed E-state index contributed by atoms with van der Waals surface area (Å²) in [6.07, 6.45) is -82.9. The molecule has 0 amide bonds. The SMILES string of the molecule is O=C([O-])Cc1cccc(SC[C@H]2O[C@@H]3O[C@H]4[C@H](O)[C@@H](O)[C@@H](O[C@H]5[C@H](O)[C@@H](O)[C@@H](O[C@H]6[C@H](O)[C@@H](O)[C@@H](O[C@H]7[C@H](O)[C@@H](O)[C@@H](O[C@H]8[C@H](O)[C@H](O)[C@@H](O[C@H]9[C@H](O)[C@@H](O)[C@@H](O[C@H]%10[C@H](O)[C@H](O)[C@@H](O[C@H]2[C@H](O)[C@H]3O)O[C@@H]%10CO)O[C@@H]9CO)O[C@@H]8CO)O[C@@H]7CO)O[C@H]6CO)O[C@H]5CO)O[C@H]4CO)c1.[Na+]. The number of carboxylic acid groups (broad SMARTS) is 1. The average Bonchev–Trinajstić information content (AvgIpc) is 0.778. The van der Waals surface area contributed by atoms with Crippen molar-refractivity contribution in [2.24, 2.45) is 0 Å². The van der Waals surface area contributed by atoms with Crippen molar-refractivity contribution in [3.63, 3.8) is 0 Å². The van der Waals surface area contributed by atoms with Crippen LogP contribution in [0.4, 0.5) is 0 Å². The first-order valence-electron chi connectivity index (χ1n) is 31.2. The van der Waals surface area contributed by atoms with Gasteiger partial charge >= 0.3 is 29.6 Å². The molecular formula is C56H85NaO41S. The van der Waals surface area contributed by atoms with Crippen LogP contribution in [-0.2, 0) is 87.0 Å². The molecule has 16 bridgehead atoms. The van der Waals surface area contributed by atoms with Gasteiger partial charge in [-0.05, 0) is 17.7 Å². The number of carboxylic acids is 1.